The lowest BCUT2D eigenvalue weighted by molar-refractivity contribution is -0.123. The number of carboxylic acid groups (broad SMARTS) is 1. The Morgan fingerprint density at radius 1 is 1.30 bits per heavy atom. The molecule has 110 valence electrons. The van der Waals surface area contributed by atoms with Gasteiger partial charge < -0.3 is 16.2 Å². The van der Waals surface area contributed by atoms with E-state index in [1.54, 1.807) is 24.3 Å². The first-order valence-corrected chi connectivity index (χ1v) is 6.81. The molecule has 0 unspecified atom stereocenters. The summed E-state index contributed by atoms with van der Waals surface area (Å²) >= 11 is 0. The van der Waals surface area contributed by atoms with Crippen LogP contribution in [0.5, 0.6) is 0 Å². The third-order valence-corrected chi connectivity index (χ3v) is 3.47. The number of nitrogens with one attached hydrogen (secondary N) is 1. The molecule has 1 amide bonds. The summed E-state index contributed by atoms with van der Waals surface area (Å²) in [5.41, 5.74) is 7.07. The number of aromatic carboxylic acids is 1. The fourth-order valence-electron chi connectivity index (χ4n) is 1.77. The van der Waals surface area contributed by atoms with Crippen LogP contribution in [0.2, 0.25) is 0 Å². The van der Waals surface area contributed by atoms with E-state index < -0.39 is 12.0 Å². The van der Waals surface area contributed by atoms with Crippen LogP contribution < -0.4 is 11.1 Å². The minimum atomic E-state index is -0.940. The molecule has 0 radical (unpaired) electrons. The Kier molecular flexibility index (Phi) is 6.18. The predicted molar refractivity (Wildman–Crippen MR) is 77.5 cm³/mol. The van der Waals surface area contributed by atoms with Crippen molar-refractivity contribution in [1.82, 2.24) is 5.32 Å². The average Bonchev–Trinajstić information content (AvgIpc) is 2.45. The molecule has 0 bridgehead atoms. The Bertz CT molecular complexity index is 457. The minimum Gasteiger partial charge on any atom is -0.478 e. The Morgan fingerprint density at radius 3 is 2.40 bits per heavy atom. The molecule has 0 aromatic heterocycles. The molecule has 1 aromatic carbocycles. The molecule has 5 heteroatoms. The lowest BCUT2D eigenvalue weighted by Gasteiger charge is -2.17. The zero-order valence-corrected chi connectivity index (χ0v) is 11.9. The second kappa shape index (κ2) is 7.65. The van der Waals surface area contributed by atoms with Crippen LogP contribution in [0, 0.1) is 5.92 Å². The summed E-state index contributed by atoms with van der Waals surface area (Å²) in [5.74, 6) is -0.921. The molecule has 0 aliphatic carbocycles. The van der Waals surface area contributed by atoms with Gasteiger partial charge in [-0.2, -0.15) is 0 Å². The second-order valence-corrected chi connectivity index (χ2v) is 4.95. The van der Waals surface area contributed by atoms with Gasteiger partial charge >= 0.3 is 5.97 Å². The molecular formula is C15H22N2O3. The van der Waals surface area contributed by atoms with Crippen molar-refractivity contribution in [3.63, 3.8) is 0 Å². The number of carboxylic acids is 1. The number of rotatable bonds is 7. The zero-order chi connectivity index (χ0) is 15.1. The van der Waals surface area contributed by atoms with Crippen LogP contribution in [0.1, 0.15) is 36.2 Å². The summed E-state index contributed by atoms with van der Waals surface area (Å²) in [5, 5.41) is 11.6. The molecule has 0 heterocycles. The van der Waals surface area contributed by atoms with E-state index in [1.807, 2.05) is 13.8 Å². The number of carbonyl (C=O) groups excluding carboxylic acids is 1. The molecular weight excluding hydrogens is 256 g/mol. The number of hydrogen-bond acceptors (Lipinski definition) is 3. The van der Waals surface area contributed by atoms with E-state index in [1.165, 1.54) is 0 Å². The van der Waals surface area contributed by atoms with Gasteiger partial charge in [0.1, 0.15) is 0 Å². The predicted octanol–water partition coefficient (Wildman–Crippen LogP) is 1.42. The van der Waals surface area contributed by atoms with E-state index in [-0.39, 0.29) is 17.4 Å². The summed E-state index contributed by atoms with van der Waals surface area (Å²) in [4.78, 5) is 22.5. The Hall–Kier alpha value is -1.88. The number of benzene rings is 1. The SMILES string of the molecule is CC[C@H](C)[C@H](N)C(=O)NCCc1ccc(C(=O)O)cc1. The van der Waals surface area contributed by atoms with Crippen LogP contribution in [-0.2, 0) is 11.2 Å². The van der Waals surface area contributed by atoms with Gasteiger partial charge in [0.25, 0.3) is 0 Å². The highest BCUT2D eigenvalue weighted by molar-refractivity contribution is 5.87. The topological polar surface area (TPSA) is 92.4 Å². The first-order valence-electron chi connectivity index (χ1n) is 6.81. The number of carbonyl (C=O) groups is 2. The van der Waals surface area contributed by atoms with Crippen molar-refractivity contribution in [1.29, 1.82) is 0 Å². The van der Waals surface area contributed by atoms with Crippen molar-refractivity contribution in [2.45, 2.75) is 32.7 Å². The summed E-state index contributed by atoms with van der Waals surface area (Å²) in [6.07, 6.45) is 1.52. The van der Waals surface area contributed by atoms with Gasteiger partial charge in [-0.15, -0.1) is 0 Å². The third kappa shape index (κ3) is 4.66. The highest BCUT2D eigenvalue weighted by Crippen LogP contribution is 2.06. The van der Waals surface area contributed by atoms with Crippen molar-refractivity contribution >= 4 is 11.9 Å². The van der Waals surface area contributed by atoms with Crippen LogP contribution in [0.25, 0.3) is 0 Å². The minimum absolute atomic E-state index is 0.137. The normalized spacial score (nSPS) is 13.6. The molecule has 0 fully saturated rings. The van der Waals surface area contributed by atoms with E-state index in [9.17, 15) is 9.59 Å². The van der Waals surface area contributed by atoms with Gasteiger partial charge in [-0.3, -0.25) is 4.79 Å². The molecule has 0 saturated carbocycles. The van der Waals surface area contributed by atoms with Gasteiger partial charge in [0.05, 0.1) is 11.6 Å². The van der Waals surface area contributed by atoms with Crippen molar-refractivity contribution < 1.29 is 14.7 Å². The Morgan fingerprint density at radius 2 is 1.90 bits per heavy atom. The Balaban J connectivity index is 2.40. The number of hydrogen-bond donors (Lipinski definition) is 3. The van der Waals surface area contributed by atoms with E-state index in [4.69, 9.17) is 10.8 Å². The second-order valence-electron chi connectivity index (χ2n) is 4.95. The van der Waals surface area contributed by atoms with Crippen LogP contribution in [0.15, 0.2) is 24.3 Å². The standard InChI is InChI=1S/C15H22N2O3/c1-3-10(2)13(16)14(18)17-9-8-11-4-6-12(7-5-11)15(19)20/h4-7,10,13H,3,8-9,16H2,1-2H3,(H,17,18)(H,19,20)/t10-,13-/m0/s1. The molecule has 20 heavy (non-hydrogen) atoms. The summed E-state index contributed by atoms with van der Waals surface area (Å²) < 4.78 is 0. The van der Waals surface area contributed by atoms with Gasteiger partial charge in [-0.25, -0.2) is 4.79 Å². The van der Waals surface area contributed by atoms with Crippen LogP contribution >= 0.6 is 0 Å². The lowest BCUT2D eigenvalue weighted by atomic mass is 9.99. The van der Waals surface area contributed by atoms with Gasteiger partial charge in [-0.1, -0.05) is 32.4 Å². The molecule has 0 aliphatic rings. The quantitative estimate of drug-likeness (QED) is 0.703. The maximum Gasteiger partial charge on any atom is 0.335 e. The molecule has 0 saturated heterocycles. The fourth-order valence-corrected chi connectivity index (χ4v) is 1.77. The van der Waals surface area contributed by atoms with Crippen molar-refractivity contribution in [2.24, 2.45) is 11.7 Å². The van der Waals surface area contributed by atoms with Gasteiger partial charge in [0.15, 0.2) is 0 Å². The molecule has 0 aliphatic heterocycles. The van der Waals surface area contributed by atoms with Crippen LogP contribution in [0.4, 0.5) is 0 Å². The smallest absolute Gasteiger partial charge is 0.335 e. The molecule has 1 rings (SSSR count). The highest BCUT2D eigenvalue weighted by Gasteiger charge is 2.18. The summed E-state index contributed by atoms with van der Waals surface area (Å²) in [6.45, 7) is 4.45. The fraction of sp³-hybridized carbons (Fsp3) is 0.467. The molecule has 1 aromatic rings. The first kappa shape index (κ1) is 16.2. The van der Waals surface area contributed by atoms with E-state index in [0.29, 0.717) is 13.0 Å². The third-order valence-electron chi connectivity index (χ3n) is 3.47. The van der Waals surface area contributed by atoms with Crippen molar-refractivity contribution in [3.05, 3.63) is 35.4 Å². The van der Waals surface area contributed by atoms with Crippen molar-refractivity contribution in [2.75, 3.05) is 6.54 Å². The Labute approximate surface area is 119 Å². The van der Waals surface area contributed by atoms with Crippen LogP contribution in [0.3, 0.4) is 0 Å². The number of amides is 1. The average molecular weight is 278 g/mol. The maximum absolute atomic E-state index is 11.8. The first-order chi connectivity index (χ1) is 9.45. The highest BCUT2D eigenvalue weighted by atomic mass is 16.4. The zero-order valence-electron chi connectivity index (χ0n) is 11.9. The van der Waals surface area contributed by atoms with Crippen LogP contribution in [-0.4, -0.2) is 29.6 Å². The molecule has 0 spiro atoms. The van der Waals surface area contributed by atoms with Gasteiger partial charge in [0, 0.05) is 6.54 Å². The van der Waals surface area contributed by atoms with Crippen molar-refractivity contribution in [3.8, 4) is 0 Å². The molecule has 4 N–H and O–H groups in total. The summed E-state index contributed by atoms with van der Waals surface area (Å²) in [7, 11) is 0. The molecule has 2 atom stereocenters. The summed E-state index contributed by atoms with van der Waals surface area (Å²) in [6, 6.07) is 6.15. The maximum atomic E-state index is 11.8. The van der Waals surface area contributed by atoms with E-state index in [2.05, 4.69) is 5.32 Å². The van der Waals surface area contributed by atoms with Gasteiger partial charge in [-0.05, 0) is 30.0 Å². The largest absolute Gasteiger partial charge is 0.478 e. The molecule has 5 nitrogen and oxygen atoms in total. The lowest BCUT2D eigenvalue weighted by Crippen LogP contribution is -2.45. The van der Waals surface area contributed by atoms with E-state index >= 15 is 0 Å². The number of nitrogens with two attached hydrogens (primary N) is 1. The van der Waals surface area contributed by atoms with E-state index in [0.717, 1.165) is 12.0 Å². The monoisotopic (exact) mass is 278 g/mol. The van der Waals surface area contributed by atoms with Gasteiger partial charge in [0.2, 0.25) is 5.91 Å².